The molecule has 0 aliphatic rings. The Morgan fingerprint density at radius 1 is 1.03 bits per heavy atom. The first-order valence-electron chi connectivity index (χ1n) is 11.3. The Morgan fingerprint density at radius 2 is 1.79 bits per heavy atom. The summed E-state index contributed by atoms with van der Waals surface area (Å²) in [5.41, 5.74) is 4.03. The summed E-state index contributed by atoms with van der Waals surface area (Å²) in [6, 6.07) is 23.7. The van der Waals surface area contributed by atoms with E-state index in [1.807, 2.05) is 31.2 Å². The largest absolute Gasteiger partial charge is 0.489 e. The Labute approximate surface area is 199 Å². The van der Waals surface area contributed by atoms with E-state index >= 15 is 0 Å². The van der Waals surface area contributed by atoms with Crippen LogP contribution in [0.15, 0.2) is 78.9 Å². The number of rotatable bonds is 8. The number of ether oxygens (including phenoxy) is 1. The predicted molar refractivity (Wildman–Crippen MR) is 132 cm³/mol. The van der Waals surface area contributed by atoms with Crippen LogP contribution in [-0.2, 0) is 13.2 Å². The van der Waals surface area contributed by atoms with Crippen LogP contribution in [0.5, 0.6) is 5.75 Å². The SMILES string of the molecule is Cc1cc(NC(=O)c2cccc(COc3ccc(C(C)C)cc3)c2)nn1Cc1ccccc1F. The number of carbonyl (C=O) groups excluding carboxylic acids is 1. The average Bonchev–Trinajstić information content (AvgIpc) is 3.18. The van der Waals surface area contributed by atoms with Crippen molar-refractivity contribution < 1.29 is 13.9 Å². The number of aryl methyl sites for hydroxylation is 1. The molecular formula is C28H28FN3O2. The van der Waals surface area contributed by atoms with E-state index in [2.05, 4.69) is 36.4 Å². The summed E-state index contributed by atoms with van der Waals surface area (Å²) in [5, 5.41) is 7.25. The molecule has 174 valence electrons. The van der Waals surface area contributed by atoms with Gasteiger partial charge in [0.1, 0.15) is 18.2 Å². The van der Waals surface area contributed by atoms with Crippen molar-refractivity contribution >= 4 is 11.7 Å². The lowest BCUT2D eigenvalue weighted by molar-refractivity contribution is 0.102. The third kappa shape index (κ3) is 5.70. The number of carbonyl (C=O) groups is 1. The van der Waals surface area contributed by atoms with E-state index < -0.39 is 0 Å². The number of anilines is 1. The van der Waals surface area contributed by atoms with E-state index in [9.17, 15) is 9.18 Å². The zero-order valence-electron chi connectivity index (χ0n) is 19.6. The molecule has 0 atom stereocenters. The lowest BCUT2D eigenvalue weighted by Crippen LogP contribution is -2.13. The first kappa shape index (κ1) is 23.2. The summed E-state index contributed by atoms with van der Waals surface area (Å²) < 4.78 is 21.5. The summed E-state index contributed by atoms with van der Waals surface area (Å²) in [7, 11) is 0. The number of hydrogen-bond acceptors (Lipinski definition) is 3. The van der Waals surface area contributed by atoms with E-state index in [0.29, 0.717) is 36.0 Å². The molecule has 0 spiro atoms. The third-order valence-electron chi connectivity index (χ3n) is 5.64. The summed E-state index contributed by atoms with van der Waals surface area (Å²) in [4.78, 5) is 12.8. The van der Waals surface area contributed by atoms with Gasteiger partial charge in [-0.1, -0.05) is 56.3 Å². The average molecular weight is 458 g/mol. The van der Waals surface area contributed by atoms with Crippen LogP contribution in [0.4, 0.5) is 10.2 Å². The Balaban J connectivity index is 1.39. The molecule has 4 rings (SSSR count). The van der Waals surface area contributed by atoms with Gasteiger partial charge in [-0.15, -0.1) is 0 Å². The number of nitrogens with one attached hydrogen (secondary N) is 1. The molecule has 0 saturated heterocycles. The van der Waals surface area contributed by atoms with E-state index in [1.165, 1.54) is 11.6 Å². The lowest BCUT2D eigenvalue weighted by Gasteiger charge is -2.10. The van der Waals surface area contributed by atoms with Crippen molar-refractivity contribution in [3.63, 3.8) is 0 Å². The minimum Gasteiger partial charge on any atom is -0.489 e. The van der Waals surface area contributed by atoms with Gasteiger partial charge in [0.25, 0.3) is 5.91 Å². The maximum absolute atomic E-state index is 14.0. The second-order valence-corrected chi connectivity index (χ2v) is 8.59. The molecule has 0 bridgehead atoms. The Bertz CT molecular complexity index is 1280. The number of amides is 1. The van der Waals surface area contributed by atoms with Crippen LogP contribution >= 0.6 is 0 Å². The minimum absolute atomic E-state index is 0.265. The van der Waals surface area contributed by atoms with E-state index in [1.54, 1.807) is 41.1 Å². The van der Waals surface area contributed by atoms with Crippen molar-refractivity contribution in [3.8, 4) is 5.75 Å². The Kier molecular flexibility index (Phi) is 7.07. The van der Waals surface area contributed by atoms with Gasteiger partial charge in [-0.2, -0.15) is 5.10 Å². The van der Waals surface area contributed by atoms with E-state index in [0.717, 1.165) is 17.0 Å². The quantitative estimate of drug-likeness (QED) is 0.336. The molecule has 0 unspecified atom stereocenters. The first-order valence-corrected chi connectivity index (χ1v) is 11.3. The summed E-state index contributed by atoms with van der Waals surface area (Å²) in [5.74, 6) is 1.14. The topological polar surface area (TPSA) is 56.1 Å². The molecule has 3 aromatic carbocycles. The second kappa shape index (κ2) is 10.3. The number of halogens is 1. The number of aromatic nitrogens is 2. The molecule has 34 heavy (non-hydrogen) atoms. The molecule has 0 saturated carbocycles. The maximum Gasteiger partial charge on any atom is 0.256 e. The van der Waals surface area contributed by atoms with Crippen LogP contribution in [0.2, 0.25) is 0 Å². The zero-order chi connectivity index (χ0) is 24.1. The van der Waals surface area contributed by atoms with Gasteiger partial charge in [0, 0.05) is 22.9 Å². The molecule has 1 heterocycles. The van der Waals surface area contributed by atoms with Crippen molar-refractivity contribution in [1.82, 2.24) is 9.78 Å². The van der Waals surface area contributed by atoms with E-state index in [4.69, 9.17) is 4.74 Å². The van der Waals surface area contributed by atoms with Crippen LogP contribution in [0.25, 0.3) is 0 Å². The zero-order valence-corrected chi connectivity index (χ0v) is 19.6. The van der Waals surface area contributed by atoms with Crippen molar-refractivity contribution in [3.05, 3.63) is 113 Å². The highest BCUT2D eigenvalue weighted by Gasteiger charge is 2.12. The van der Waals surface area contributed by atoms with Gasteiger partial charge in [-0.25, -0.2) is 4.39 Å². The van der Waals surface area contributed by atoms with Crippen LogP contribution in [0.1, 0.15) is 52.5 Å². The Morgan fingerprint density at radius 3 is 2.53 bits per heavy atom. The molecule has 1 amide bonds. The lowest BCUT2D eigenvalue weighted by atomic mass is 10.0. The van der Waals surface area contributed by atoms with Crippen molar-refractivity contribution in [1.29, 1.82) is 0 Å². The van der Waals surface area contributed by atoms with Gasteiger partial charge in [-0.3, -0.25) is 9.48 Å². The van der Waals surface area contributed by atoms with Crippen molar-refractivity contribution in [2.75, 3.05) is 5.32 Å². The normalized spacial score (nSPS) is 11.0. The second-order valence-electron chi connectivity index (χ2n) is 8.59. The maximum atomic E-state index is 14.0. The number of hydrogen-bond donors (Lipinski definition) is 1. The summed E-state index contributed by atoms with van der Waals surface area (Å²) in [6.45, 7) is 6.83. The van der Waals surface area contributed by atoms with Gasteiger partial charge >= 0.3 is 0 Å². The van der Waals surface area contributed by atoms with Crippen LogP contribution < -0.4 is 10.1 Å². The van der Waals surface area contributed by atoms with Crippen molar-refractivity contribution in [2.24, 2.45) is 0 Å². The van der Waals surface area contributed by atoms with Gasteiger partial charge in [-0.05, 0) is 54.3 Å². The molecule has 4 aromatic rings. The van der Waals surface area contributed by atoms with Gasteiger partial charge in [0.15, 0.2) is 5.82 Å². The number of nitrogens with zero attached hydrogens (tertiary/aromatic N) is 2. The standard InChI is InChI=1S/C28H28FN3O2/c1-19(2)22-11-13-25(14-12-22)34-18-21-7-6-9-23(16-21)28(33)30-27-15-20(3)32(31-27)17-24-8-4-5-10-26(24)29/h4-16,19H,17-18H2,1-3H3,(H,30,31,33). The highest BCUT2D eigenvalue weighted by atomic mass is 19.1. The molecule has 0 aliphatic heterocycles. The predicted octanol–water partition coefficient (Wildman–Crippen LogP) is 6.33. The Hall–Kier alpha value is -3.93. The monoisotopic (exact) mass is 457 g/mol. The van der Waals surface area contributed by atoms with Gasteiger partial charge in [0.2, 0.25) is 0 Å². The molecule has 1 N–H and O–H groups in total. The highest BCUT2D eigenvalue weighted by molar-refractivity contribution is 6.03. The van der Waals surface area contributed by atoms with Crippen LogP contribution in [0, 0.1) is 12.7 Å². The van der Waals surface area contributed by atoms with E-state index in [-0.39, 0.29) is 11.7 Å². The molecule has 1 aromatic heterocycles. The van der Waals surface area contributed by atoms with Crippen LogP contribution in [-0.4, -0.2) is 15.7 Å². The molecular weight excluding hydrogens is 429 g/mol. The fraction of sp³-hybridized carbons (Fsp3) is 0.214. The molecule has 0 radical (unpaired) electrons. The minimum atomic E-state index is -0.280. The summed E-state index contributed by atoms with van der Waals surface area (Å²) >= 11 is 0. The fourth-order valence-corrected chi connectivity index (χ4v) is 3.63. The smallest absolute Gasteiger partial charge is 0.256 e. The number of benzene rings is 3. The van der Waals surface area contributed by atoms with Crippen LogP contribution in [0.3, 0.4) is 0 Å². The molecule has 6 heteroatoms. The third-order valence-corrected chi connectivity index (χ3v) is 5.64. The van der Waals surface area contributed by atoms with Gasteiger partial charge in [0.05, 0.1) is 6.54 Å². The van der Waals surface area contributed by atoms with Crippen molar-refractivity contribution in [2.45, 2.75) is 39.8 Å². The summed E-state index contributed by atoms with van der Waals surface area (Å²) in [6.07, 6.45) is 0. The van der Waals surface area contributed by atoms with Gasteiger partial charge < -0.3 is 10.1 Å². The molecule has 0 fully saturated rings. The fourth-order valence-electron chi connectivity index (χ4n) is 3.63. The molecule has 5 nitrogen and oxygen atoms in total. The molecule has 0 aliphatic carbocycles. The first-order chi connectivity index (χ1) is 16.4. The highest BCUT2D eigenvalue weighted by Crippen LogP contribution is 2.20.